The molecule has 1 N–H and O–H groups in total. The van der Waals surface area contributed by atoms with Crippen LogP contribution >= 0.6 is 0 Å². The van der Waals surface area contributed by atoms with Crippen molar-refractivity contribution in [3.63, 3.8) is 0 Å². The number of carboxylic acids is 1. The number of likely N-dealkylation sites (tertiary alicyclic amines) is 1. The number of carbonyl (C=O) groups is 3. The zero-order valence-electron chi connectivity index (χ0n) is 10.2. The smallest absolute Gasteiger partial charge is 0.410 e. The van der Waals surface area contributed by atoms with E-state index in [-0.39, 0.29) is 25.2 Å². The van der Waals surface area contributed by atoms with Crippen LogP contribution in [0, 0.1) is 0 Å². The molecule has 0 saturated carbocycles. The molecule has 1 atom stereocenters. The van der Waals surface area contributed by atoms with Crippen LogP contribution in [0.1, 0.15) is 33.6 Å². The lowest BCUT2D eigenvalue weighted by molar-refractivity contribution is -0.138. The maximum atomic E-state index is 11.8. The van der Waals surface area contributed by atoms with Crippen molar-refractivity contribution in [1.82, 2.24) is 4.90 Å². The first-order chi connectivity index (χ1) is 7.69. The van der Waals surface area contributed by atoms with E-state index < -0.39 is 23.7 Å². The Morgan fingerprint density at radius 2 is 2.06 bits per heavy atom. The molecule has 0 aromatic rings. The molecule has 17 heavy (non-hydrogen) atoms. The number of carboxylic acid groups (broad SMARTS) is 1. The quantitative estimate of drug-likeness (QED) is 0.783. The number of carbonyl (C=O) groups excluding carboxylic acids is 2. The fourth-order valence-electron chi connectivity index (χ4n) is 1.67. The van der Waals surface area contributed by atoms with Gasteiger partial charge in [0.2, 0.25) is 0 Å². The molecular formula is C11H17NO5. The van der Waals surface area contributed by atoms with Gasteiger partial charge in [-0.2, -0.15) is 0 Å². The van der Waals surface area contributed by atoms with Gasteiger partial charge < -0.3 is 9.84 Å². The lowest BCUT2D eigenvalue weighted by Crippen LogP contribution is -2.40. The summed E-state index contributed by atoms with van der Waals surface area (Å²) in [5.41, 5.74) is -0.656. The maximum Gasteiger partial charge on any atom is 0.410 e. The van der Waals surface area contributed by atoms with E-state index in [0.29, 0.717) is 0 Å². The Hall–Kier alpha value is -1.59. The first-order valence-electron chi connectivity index (χ1n) is 5.42. The molecule has 96 valence electrons. The molecule has 1 saturated heterocycles. The molecule has 0 aliphatic carbocycles. The molecule has 0 aromatic carbocycles. The van der Waals surface area contributed by atoms with Crippen LogP contribution in [0.25, 0.3) is 0 Å². The lowest BCUT2D eigenvalue weighted by atomic mass is 10.1. The number of amides is 1. The lowest BCUT2D eigenvalue weighted by Gasteiger charge is -2.27. The van der Waals surface area contributed by atoms with Gasteiger partial charge in [0.25, 0.3) is 0 Å². The Labute approximate surface area is 99.5 Å². The Kier molecular flexibility index (Phi) is 3.75. The third-order valence-electron chi connectivity index (χ3n) is 2.29. The molecule has 1 amide bonds. The molecule has 0 radical (unpaired) electrons. The summed E-state index contributed by atoms with van der Waals surface area (Å²) in [5.74, 6) is -1.17. The molecule has 1 rings (SSSR count). The van der Waals surface area contributed by atoms with Crippen molar-refractivity contribution in [2.75, 3.05) is 6.54 Å². The third-order valence-corrected chi connectivity index (χ3v) is 2.29. The second-order valence-corrected chi connectivity index (χ2v) is 5.10. The molecule has 0 bridgehead atoms. The van der Waals surface area contributed by atoms with E-state index in [1.54, 1.807) is 20.8 Å². The molecule has 1 aliphatic heterocycles. The van der Waals surface area contributed by atoms with Gasteiger partial charge in [-0.1, -0.05) is 0 Å². The number of hydrogen-bond acceptors (Lipinski definition) is 4. The molecule has 1 heterocycles. The number of nitrogens with zero attached hydrogens (tertiary/aromatic N) is 1. The predicted octanol–water partition coefficient (Wildman–Crippen LogP) is 1.04. The van der Waals surface area contributed by atoms with Crippen molar-refractivity contribution in [1.29, 1.82) is 0 Å². The molecular weight excluding hydrogens is 226 g/mol. The van der Waals surface area contributed by atoms with E-state index in [2.05, 4.69) is 0 Å². The van der Waals surface area contributed by atoms with Gasteiger partial charge in [-0.05, 0) is 20.8 Å². The van der Waals surface area contributed by atoms with Crippen LogP contribution < -0.4 is 0 Å². The highest BCUT2D eigenvalue weighted by Crippen LogP contribution is 2.21. The summed E-state index contributed by atoms with van der Waals surface area (Å²) in [5, 5.41) is 8.70. The van der Waals surface area contributed by atoms with Crippen LogP contribution in [0.4, 0.5) is 4.79 Å². The van der Waals surface area contributed by atoms with E-state index in [9.17, 15) is 14.4 Å². The minimum Gasteiger partial charge on any atom is -0.481 e. The minimum atomic E-state index is -1.03. The Bertz CT molecular complexity index is 344. The average molecular weight is 243 g/mol. The summed E-state index contributed by atoms with van der Waals surface area (Å²) in [6, 6.07) is -0.588. The largest absolute Gasteiger partial charge is 0.481 e. The van der Waals surface area contributed by atoms with Crippen LogP contribution in [0.15, 0.2) is 0 Å². The monoisotopic (exact) mass is 243 g/mol. The van der Waals surface area contributed by atoms with Gasteiger partial charge in [-0.3, -0.25) is 14.5 Å². The average Bonchev–Trinajstić information content (AvgIpc) is 2.42. The standard InChI is InChI=1S/C11H17NO5/c1-11(2,3)17-10(16)12-6-8(13)4-7(12)5-9(14)15/h7H,4-6H2,1-3H3,(H,14,15)/t7-/m0/s1. The summed E-state index contributed by atoms with van der Waals surface area (Å²) >= 11 is 0. The summed E-state index contributed by atoms with van der Waals surface area (Å²) in [4.78, 5) is 34.9. The summed E-state index contributed by atoms with van der Waals surface area (Å²) in [6.07, 6.45) is -0.772. The van der Waals surface area contributed by atoms with E-state index in [0.717, 1.165) is 0 Å². The minimum absolute atomic E-state index is 0.0626. The second kappa shape index (κ2) is 4.73. The van der Waals surface area contributed by atoms with Crippen LogP contribution in [0.3, 0.4) is 0 Å². The molecule has 1 aliphatic rings. The maximum absolute atomic E-state index is 11.8. The Balaban J connectivity index is 2.70. The molecule has 0 spiro atoms. The highest BCUT2D eigenvalue weighted by atomic mass is 16.6. The number of Topliss-reactive ketones (excluding diaryl/α,β-unsaturated/α-hetero) is 1. The van der Waals surface area contributed by atoms with Gasteiger partial charge in [0.05, 0.1) is 19.0 Å². The van der Waals surface area contributed by atoms with Crippen LogP contribution in [-0.2, 0) is 14.3 Å². The van der Waals surface area contributed by atoms with Gasteiger partial charge in [0.1, 0.15) is 5.60 Å². The van der Waals surface area contributed by atoms with E-state index in [1.165, 1.54) is 4.90 Å². The van der Waals surface area contributed by atoms with Crippen molar-refractivity contribution in [3.8, 4) is 0 Å². The van der Waals surface area contributed by atoms with Crippen LogP contribution in [0.2, 0.25) is 0 Å². The van der Waals surface area contributed by atoms with Crippen molar-refractivity contribution in [3.05, 3.63) is 0 Å². The third kappa shape index (κ3) is 4.05. The first kappa shape index (κ1) is 13.5. The normalized spacial score (nSPS) is 20.5. The highest BCUT2D eigenvalue weighted by molar-refractivity contribution is 5.89. The topological polar surface area (TPSA) is 83.9 Å². The van der Waals surface area contributed by atoms with Gasteiger partial charge in [-0.15, -0.1) is 0 Å². The fourth-order valence-corrected chi connectivity index (χ4v) is 1.67. The first-order valence-corrected chi connectivity index (χ1v) is 5.42. The van der Waals surface area contributed by atoms with E-state index in [1.807, 2.05) is 0 Å². The van der Waals surface area contributed by atoms with E-state index >= 15 is 0 Å². The number of ether oxygens (including phenoxy) is 1. The molecule has 0 aromatic heterocycles. The zero-order valence-corrected chi connectivity index (χ0v) is 10.2. The van der Waals surface area contributed by atoms with Gasteiger partial charge in [0.15, 0.2) is 5.78 Å². The van der Waals surface area contributed by atoms with Crippen LogP contribution in [-0.4, -0.2) is 46.0 Å². The summed E-state index contributed by atoms with van der Waals surface area (Å²) in [7, 11) is 0. The number of hydrogen-bond donors (Lipinski definition) is 1. The van der Waals surface area contributed by atoms with Crippen molar-refractivity contribution >= 4 is 17.8 Å². The molecule has 0 unspecified atom stereocenters. The van der Waals surface area contributed by atoms with Gasteiger partial charge >= 0.3 is 12.1 Å². The van der Waals surface area contributed by atoms with Gasteiger partial charge in [-0.25, -0.2) is 4.79 Å². The fraction of sp³-hybridized carbons (Fsp3) is 0.727. The van der Waals surface area contributed by atoms with Gasteiger partial charge in [0, 0.05) is 6.42 Å². The van der Waals surface area contributed by atoms with Crippen molar-refractivity contribution in [2.24, 2.45) is 0 Å². The molecule has 6 heteroatoms. The summed E-state index contributed by atoms with van der Waals surface area (Å²) < 4.78 is 5.12. The van der Waals surface area contributed by atoms with Crippen LogP contribution in [0.5, 0.6) is 0 Å². The molecule has 1 fully saturated rings. The Morgan fingerprint density at radius 1 is 1.47 bits per heavy atom. The number of ketones is 1. The van der Waals surface area contributed by atoms with E-state index in [4.69, 9.17) is 9.84 Å². The second-order valence-electron chi connectivity index (χ2n) is 5.10. The summed E-state index contributed by atoms with van der Waals surface area (Å²) in [6.45, 7) is 5.09. The molecule has 6 nitrogen and oxygen atoms in total. The zero-order chi connectivity index (χ0) is 13.2. The predicted molar refractivity (Wildman–Crippen MR) is 58.6 cm³/mol. The Morgan fingerprint density at radius 3 is 2.53 bits per heavy atom. The van der Waals surface area contributed by atoms with Crippen molar-refractivity contribution in [2.45, 2.75) is 45.3 Å². The van der Waals surface area contributed by atoms with Crippen molar-refractivity contribution < 1.29 is 24.2 Å². The number of rotatable bonds is 2. The number of aliphatic carboxylic acids is 1. The SMILES string of the molecule is CC(C)(C)OC(=O)N1CC(=O)C[C@H]1CC(=O)O. The highest BCUT2D eigenvalue weighted by Gasteiger charge is 2.37.